The minimum absolute atomic E-state index is 0.266. The van der Waals surface area contributed by atoms with Crippen LogP contribution in [-0.2, 0) is 4.79 Å². The van der Waals surface area contributed by atoms with Gasteiger partial charge in [-0.15, -0.1) is 0 Å². The summed E-state index contributed by atoms with van der Waals surface area (Å²) in [4.78, 5) is 14.4. The molecule has 0 fully saturated rings. The van der Waals surface area contributed by atoms with Crippen molar-refractivity contribution in [3.63, 3.8) is 0 Å². The van der Waals surface area contributed by atoms with Crippen LogP contribution in [0.15, 0.2) is 18.3 Å². The van der Waals surface area contributed by atoms with Crippen molar-refractivity contribution in [3.05, 3.63) is 24.0 Å². The molecular formula is C10H11N3O4. The molecule has 0 saturated heterocycles. The highest BCUT2D eigenvalue weighted by Crippen LogP contribution is 2.23. The van der Waals surface area contributed by atoms with Gasteiger partial charge in [-0.2, -0.15) is 5.10 Å². The Bertz CT molecular complexity index is 539. The lowest BCUT2D eigenvalue weighted by atomic mass is 10.1. The van der Waals surface area contributed by atoms with Crippen LogP contribution in [0.4, 0.5) is 0 Å². The number of aliphatic hydroxyl groups excluding tert-OH is 2. The van der Waals surface area contributed by atoms with E-state index in [1.807, 2.05) is 0 Å². The average Bonchev–Trinajstić information content (AvgIpc) is 2.70. The Kier molecular flexibility index (Phi) is 3.03. The van der Waals surface area contributed by atoms with E-state index in [-0.39, 0.29) is 5.69 Å². The van der Waals surface area contributed by atoms with E-state index < -0.39 is 24.6 Å². The highest BCUT2D eigenvalue weighted by atomic mass is 16.4. The van der Waals surface area contributed by atoms with Crippen molar-refractivity contribution in [2.45, 2.75) is 18.6 Å². The normalized spacial score (nSPS) is 14.7. The monoisotopic (exact) mass is 237 g/mol. The van der Waals surface area contributed by atoms with Gasteiger partial charge in [0.2, 0.25) is 0 Å². The molecule has 2 rings (SSSR count). The van der Waals surface area contributed by atoms with E-state index in [1.54, 1.807) is 18.3 Å². The Labute approximate surface area is 95.7 Å². The van der Waals surface area contributed by atoms with Crippen LogP contribution in [0.1, 0.15) is 18.2 Å². The zero-order valence-corrected chi connectivity index (χ0v) is 8.74. The van der Waals surface area contributed by atoms with Crippen molar-refractivity contribution < 1.29 is 20.1 Å². The highest BCUT2D eigenvalue weighted by Gasteiger charge is 2.24. The number of carbonyl (C=O) groups is 1. The topological polar surface area (TPSA) is 119 Å². The predicted octanol–water partition coefficient (Wildman–Crippen LogP) is -0.173. The summed E-state index contributed by atoms with van der Waals surface area (Å²) in [5.74, 6) is -1.18. The Hall–Kier alpha value is -1.99. The third-order valence-corrected chi connectivity index (χ3v) is 2.40. The van der Waals surface area contributed by atoms with Gasteiger partial charge in [0.1, 0.15) is 6.10 Å². The fraction of sp³-hybridized carbons (Fsp3) is 0.300. The molecule has 0 aliphatic rings. The van der Waals surface area contributed by atoms with Crippen molar-refractivity contribution in [2.24, 2.45) is 0 Å². The van der Waals surface area contributed by atoms with Crippen LogP contribution in [0.2, 0.25) is 0 Å². The number of nitrogens with zero attached hydrogens (tertiary/aromatic N) is 2. The quantitative estimate of drug-likeness (QED) is 0.586. The lowest BCUT2D eigenvalue weighted by Gasteiger charge is -2.14. The third kappa shape index (κ3) is 2.24. The lowest BCUT2D eigenvalue weighted by Crippen LogP contribution is -2.22. The summed E-state index contributed by atoms with van der Waals surface area (Å²) in [7, 11) is 0. The summed E-state index contributed by atoms with van der Waals surface area (Å²) >= 11 is 0. The Morgan fingerprint density at radius 2 is 2.24 bits per heavy atom. The van der Waals surface area contributed by atoms with E-state index in [4.69, 9.17) is 5.11 Å². The van der Waals surface area contributed by atoms with E-state index in [2.05, 4.69) is 15.2 Å². The van der Waals surface area contributed by atoms with Crippen molar-refractivity contribution in [3.8, 4) is 0 Å². The molecule has 0 spiro atoms. The number of aliphatic carboxylic acids is 1. The number of hydrogen-bond acceptors (Lipinski definition) is 5. The fourth-order valence-corrected chi connectivity index (χ4v) is 1.58. The van der Waals surface area contributed by atoms with Crippen LogP contribution >= 0.6 is 0 Å². The van der Waals surface area contributed by atoms with Gasteiger partial charge in [0.05, 0.1) is 18.2 Å². The van der Waals surface area contributed by atoms with E-state index in [1.165, 1.54) is 0 Å². The van der Waals surface area contributed by atoms with Crippen LogP contribution in [-0.4, -0.2) is 42.6 Å². The Morgan fingerprint density at radius 3 is 2.94 bits per heavy atom. The van der Waals surface area contributed by atoms with Gasteiger partial charge in [-0.1, -0.05) is 0 Å². The maximum absolute atomic E-state index is 10.4. The number of rotatable bonds is 4. The molecule has 0 bridgehead atoms. The first-order valence-corrected chi connectivity index (χ1v) is 4.96. The number of hydrogen-bond donors (Lipinski definition) is 4. The molecule has 0 radical (unpaired) electrons. The zero-order valence-electron chi connectivity index (χ0n) is 8.74. The molecule has 7 nitrogen and oxygen atoms in total. The van der Waals surface area contributed by atoms with E-state index in [0.717, 1.165) is 0 Å². The smallest absolute Gasteiger partial charge is 0.306 e. The summed E-state index contributed by atoms with van der Waals surface area (Å²) < 4.78 is 0. The number of aromatic amines is 1. The largest absolute Gasteiger partial charge is 0.481 e. The van der Waals surface area contributed by atoms with Crippen molar-refractivity contribution in [1.82, 2.24) is 15.2 Å². The molecule has 2 atom stereocenters. The van der Waals surface area contributed by atoms with Gasteiger partial charge in [0.15, 0.2) is 5.65 Å². The molecule has 7 heteroatoms. The highest BCUT2D eigenvalue weighted by molar-refractivity contribution is 5.78. The summed E-state index contributed by atoms with van der Waals surface area (Å²) in [6, 6.07) is 3.34. The molecule has 0 aliphatic carbocycles. The molecule has 0 saturated carbocycles. The standard InChI is InChI=1S/C10H11N3O4/c14-6(4-7(15)16)9(17)8-5-2-1-3-11-10(5)13-12-8/h1-3,6,9,14,17H,4H2,(H,15,16)(H,11,12,13). The molecule has 2 aromatic heterocycles. The van der Waals surface area contributed by atoms with E-state index in [9.17, 15) is 15.0 Å². The molecule has 2 aromatic rings. The summed E-state index contributed by atoms with van der Waals surface area (Å²) in [6.45, 7) is 0. The van der Waals surface area contributed by atoms with Crippen LogP contribution in [0, 0.1) is 0 Å². The number of aliphatic hydroxyl groups is 2. The molecule has 17 heavy (non-hydrogen) atoms. The molecule has 4 N–H and O–H groups in total. The van der Waals surface area contributed by atoms with Gasteiger partial charge in [0, 0.05) is 11.6 Å². The molecular weight excluding hydrogens is 226 g/mol. The molecule has 0 aliphatic heterocycles. The summed E-state index contributed by atoms with van der Waals surface area (Å²) in [6.07, 6.45) is -1.72. The minimum atomic E-state index is -1.39. The number of fused-ring (bicyclic) bond motifs is 1. The number of H-pyrrole nitrogens is 1. The van der Waals surface area contributed by atoms with Crippen molar-refractivity contribution >= 4 is 17.0 Å². The second-order valence-corrected chi connectivity index (χ2v) is 3.62. The summed E-state index contributed by atoms with van der Waals surface area (Å²) in [5, 5.41) is 34.8. The first kappa shape index (κ1) is 11.5. The van der Waals surface area contributed by atoms with Gasteiger partial charge < -0.3 is 15.3 Å². The lowest BCUT2D eigenvalue weighted by molar-refractivity contribution is -0.141. The molecule has 0 amide bonds. The van der Waals surface area contributed by atoms with E-state index >= 15 is 0 Å². The number of carboxylic acid groups (broad SMARTS) is 1. The van der Waals surface area contributed by atoms with Gasteiger partial charge in [-0.25, -0.2) is 4.98 Å². The first-order valence-electron chi connectivity index (χ1n) is 4.96. The molecule has 2 unspecified atom stereocenters. The maximum Gasteiger partial charge on any atom is 0.306 e. The van der Waals surface area contributed by atoms with Crippen LogP contribution < -0.4 is 0 Å². The minimum Gasteiger partial charge on any atom is -0.481 e. The Morgan fingerprint density at radius 1 is 1.47 bits per heavy atom. The van der Waals surface area contributed by atoms with Crippen LogP contribution in [0.3, 0.4) is 0 Å². The van der Waals surface area contributed by atoms with Crippen LogP contribution in [0.5, 0.6) is 0 Å². The van der Waals surface area contributed by atoms with Gasteiger partial charge in [-0.3, -0.25) is 9.89 Å². The number of nitrogens with one attached hydrogen (secondary N) is 1. The molecule has 90 valence electrons. The zero-order chi connectivity index (χ0) is 12.4. The Balaban J connectivity index is 2.30. The second-order valence-electron chi connectivity index (χ2n) is 3.62. The third-order valence-electron chi connectivity index (χ3n) is 2.40. The predicted molar refractivity (Wildman–Crippen MR) is 57.1 cm³/mol. The van der Waals surface area contributed by atoms with Gasteiger partial charge in [-0.05, 0) is 12.1 Å². The van der Waals surface area contributed by atoms with E-state index in [0.29, 0.717) is 11.0 Å². The SMILES string of the molecule is O=C(O)CC(O)C(O)c1[nH]nc2ncccc12. The van der Waals surface area contributed by atoms with Crippen molar-refractivity contribution in [1.29, 1.82) is 0 Å². The van der Waals surface area contributed by atoms with Gasteiger partial charge in [0.25, 0.3) is 0 Å². The fourth-order valence-electron chi connectivity index (χ4n) is 1.58. The number of aromatic nitrogens is 3. The first-order chi connectivity index (χ1) is 8.09. The summed E-state index contributed by atoms with van der Waals surface area (Å²) in [5.41, 5.74) is 0.672. The molecule has 2 heterocycles. The second kappa shape index (κ2) is 4.48. The molecule has 0 aromatic carbocycles. The van der Waals surface area contributed by atoms with Crippen molar-refractivity contribution in [2.75, 3.05) is 0 Å². The van der Waals surface area contributed by atoms with Gasteiger partial charge >= 0.3 is 5.97 Å². The number of carboxylic acids is 1. The number of pyridine rings is 1. The maximum atomic E-state index is 10.4. The van der Waals surface area contributed by atoms with Crippen LogP contribution in [0.25, 0.3) is 11.0 Å². The average molecular weight is 237 g/mol.